The number of nitrogens with one attached hydrogen (secondary N) is 3. The summed E-state index contributed by atoms with van der Waals surface area (Å²) in [6.07, 6.45) is 2.64. The lowest BCUT2D eigenvalue weighted by Gasteiger charge is -2.15. The van der Waals surface area contributed by atoms with Crippen molar-refractivity contribution in [1.29, 1.82) is 5.41 Å². The third-order valence-electron chi connectivity index (χ3n) is 1.90. The number of urea groups is 1. The molecule has 5 heteroatoms. The lowest BCUT2D eigenvalue weighted by Crippen LogP contribution is -2.48. The van der Waals surface area contributed by atoms with Gasteiger partial charge >= 0.3 is 6.03 Å². The Labute approximate surface area is 84.9 Å². The zero-order chi connectivity index (χ0) is 11.0. The SMILES string of the molecule is CCCCNC(=O)NC(CC)C(=N)N. The van der Waals surface area contributed by atoms with E-state index in [1.807, 2.05) is 6.92 Å². The number of hydrogen-bond donors (Lipinski definition) is 4. The molecule has 0 saturated heterocycles. The van der Waals surface area contributed by atoms with E-state index in [0.717, 1.165) is 12.8 Å². The first kappa shape index (κ1) is 12.7. The van der Waals surface area contributed by atoms with Crippen molar-refractivity contribution in [1.82, 2.24) is 10.6 Å². The largest absolute Gasteiger partial charge is 0.386 e. The van der Waals surface area contributed by atoms with Gasteiger partial charge in [-0.15, -0.1) is 0 Å². The molecule has 1 atom stereocenters. The quantitative estimate of drug-likeness (QED) is 0.290. The van der Waals surface area contributed by atoms with E-state index in [-0.39, 0.29) is 17.9 Å². The molecule has 0 bridgehead atoms. The van der Waals surface area contributed by atoms with Gasteiger partial charge in [0.05, 0.1) is 6.04 Å². The maximum atomic E-state index is 11.2. The Hall–Kier alpha value is -1.26. The highest BCUT2D eigenvalue weighted by Crippen LogP contribution is 1.89. The predicted molar refractivity (Wildman–Crippen MR) is 57.4 cm³/mol. The fraction of sp³-hybridized carbons (Fsp3) is 0.778. The Balaban J connectivity index is 3.74. The summed E-state index contributed by atoms with van der Waals surface area (Å²) in [5.74, 6) is -0.00172. The van der Waals surface area contributed by atoms with Crippen LogP contribution in [0.4, 0.5) is 4.79 Å². The van der Waals surface area contributed by atoms with Gasteiger partial charge in [-0.1, -0.05) is 20.3 Å². The third kappa shape index (κ3) is 5.40. The molecule has 0 aromatic heterocycles. The van der Waals surface area contributed by atoms with Gasteiger partial charge in [0.1, 0.15) is 5.84 Å². The first-order valence-electron chi connectivity index (χ1n) is 5.00. The van der Waals surface area contributed by atoms with Crippen LogP contribution < -0.4 is 16.4 Å². The molecular formula is C9H20N4O. The summed E-state index contributed by atoms with van der Waals surface area (Å²) in [4.78, 5) is 11.2. The molecule has 14 heavy (non-hydrogen) atoms. The van der Waals surface area contributed by atoms with Crippen molar-refractivity contribution in [2.75, 3.05) is 6.54 Å². The Morgan fingerprint density at radius 1 is 1.50 bits per heavy atom. The number of carbonyl (C=O) groups excluding carboxylic acids is 1. The maximum absolute atomic E-state index is 11.2. The van der Waals surface area contributed by atoms with E-state index < -0.39 is 0 Å². The molecule has 2 amide bonds. The highest BCUT2D eigenvalue weighted by atomic mass is 16.2. The van der Waals surface area contributed by atoms with E-state index in [9.17, 15) is 4.79 Å². The summed E-state index contributed by atoms with van der Waals surface area (Å²) in [7, 11) is 0. The molecule has 0 spiro atoms. The number of amidine groups is 1. The van der Waals surface area contributed by atoms with E-state index in [4.69, 9.17) is 11.1 Å². The van der Waals surface area contributed by atoms with Crippen molar-refractivity contribution in [3.05, 3.63) is 0 Å². The Morgan fingerprint density at radius 3 is 2.57 bits per heavy atom. The first-order valence-corrected chi connectivity index (χ1v) is 5.00. The van der Waals surface area contributed by atoms with Crippen molar-refractivity contribution in [3.63, 3.8) is 0 Å². The van der Waals surface area contributed by atoms with E-state index in [1.165, 1.54) is 0 Å². The van der Waals surface area contributed by atoms with E-state index in [1.54, 1.807) is 0 Å². The zero-order valence-corrected chi connectivity index (χ0v) is 8.89. The summed E-state index contributed by atoms with van der Waals surface area (Å²) in [6, 6.07) is -0.600. The Kier molecular flexibility index (Phi) is 6.53. The van der Waals surface area contributed by atoms with Crippen LogP contribution in [0.5, 0.6) is 0 Å². The summed E-state index contributed by atoms with van der Waals surface area (Å²) in [5.41, 5.74) is 5.29. The molecular weight excluding hydrogens is 180 g/mol. The topological polar surface area (TPSA) is 91.0 Å². The van der Waals surface area contributed by atoms with Crippen LogP contribution in [0.1, 0.15) is 33.1 Å². The molecule has 0 heterocycles. The van der Waals surface area contributed by atoms with E-state index in [2.05, 4.69) is 17.6 Å². The lowest BCUT2D eigenvalue weighted by molar-refractivity contribution is 0.239. The van der Waals surface area contributed by atoms with Crippen LogP contribution >= 0.6 is 0 Å². The summed E-state index contributed by atoms with van der Waals surface area (Å²) in [5, 5.41) is 12.5. The highest BCUT2D eigenvalue weighted by Gasteiger charge is 2.11. The molecule has 0 saturated carbocycles. The number of rotatable bonds is 6. The minimum atomic E-state index is -0.350. The molecule has 0 aliphatic heterocycles. The fourth-order valence-corrected chi connectivity index (χ4v) is 0.988. The Morgan fingerprint density at radius 2 is 2.14 bits per heavy atom. The normalized spacial score (nSPS) is 11.9. The van der Waals surface area contributed by atoms with Gasteiger partial charge in [0.15, 0.2) is 0 Å². The molecule has 0 aliphatic carbocycles. The molecule has 5 N–H and O–H groups in total. The van der Waals surface area contributed by atoms with Gasteiger partial charge < -0.3 is 16.4 Å². The molecule has 0 radical (unpaired) electrons. The minimum Gasteiger partial charge on any atom is -0.386 e. The molecule has 0 aromatic carbocycles. The smallest absolute Gasteiger partial charge is 0.315 e. The zero-order valence-electron chi connectivity index (χ0n) is 8.89. The van der Waals surface area contributed by atoms with Gasteiger partial charge in [-0.05, 0) is 12.8 Å². The monoisotopic (exact) mass is 200 g/mol. The van der Waals surface area contributed by atoms with E-state index in [0.29, 0.717) is 13.0 Å². The number of amides is 2. The van der Waals surface area contributed by atoms with Gasteiger partial charge in [0.25, 0.3) is 0 Å². The highest BCUT2D eigenvalue weighted by molar-refractivity contribution is 5.87. The van der Waals surface area contributed by atoms with Crippen LogP contribution in [-0.4, -0.2) is 24.5 Å². The van der Waals surface area contributed by atoms with Gasteiger partial charge in [-0.25, -0.2) is 4.79 Å². The van der Waals surface area contributed by atoms with Crippen LogP contribution in [0.25, 0.3) is 0 Å². The molecule has 0 aliphatic rings. The van der Waals surface area contributed by atoms with Crippen LogP contribution in [0.3, 0.4) is 0 Å². The number of nitrogens with two attached hydrogens (primary N) is 1. The van der Waals surface area contributed by atoms with Crippen molar-refractivity contribution in [3.8, 4) is 0 Å². The van der Waals surface area contributed by atoms with Gasteiger partial charge in [-0.3, -0.25) is 5.41 Å². The molecule has 5 nitrogen and oxygen atoms in total. The summed E-state index contributed by atoms with van der Waals surface area (Å²) in [6.45, 7) is 4.60. The lowest BCUT2D eigenvalue weighted by atomic mass is 10.2. The predicted octanol–water partition coefficient (Wildman–Crippen LogP) is 0.800. The van der Waals surface area contributed by atoms with Crippen molar-refractivity contribution in [2.24, 2.45) is 5.73 Å². The van der Waals surface area contributed by atoms with Gasteiger partial charge in [0.2, 0.25) is 0 Å². The second-order valence-corrected chi connectivity index (χ2v) is 3.17. The van der Waals surface area contributed by atoms with Gasteiger partial charge in [-0.2, -0.15) is 0 Å². The van der Waals surface area contributed by atoms with Gasteiger partial charge in [0, 0.05) is 6.54 Å². The number of carbonyl (C=O) groups is 1. The molecule has 0 rings (SSSR count). The average molecular weight is 200 g/mol. The second-order valence-electron chi connectivity index (χ2n) is 3.17. The molecule has 0 fully saturated rings. The van der Waals surface area contributed by atoms with Crippen LogP contribution in [0.15, 0.2) is 0 Å². The number of unbranched alkanes of at least 4 members (excludes halogenated alkanes) is 1. The second kappa shape index (κ2) is 7.17. The molecule has 82 valence electrons. The van der Waals surface area contributed by atoms with Crippen molar-refractivity contribution < 1.29 is 4.79 Å². The maximum Gasteiger partial charge on any atom is 0.315 e. The summed E-state index contributed by atoms with van der Waals surface area (Å²) < 4.78 is 0. The van der Waals surface area contributed by atoms with Crippen LogP contribution in [0, 0.1) is 5.41 Å². The third-order valence-corrected chi connectivity index (χ3v) is 1.90. The average Bonchev–Trinajstić information content (AvgIpc) is 2.14. The molecule has 1 unspecified atom stereocenters. The van der Waals surface area contributed by atoms with Crippen molar-refractivity contribution >= 4 is 11.9 Å². The first-order chi connectivity index (χ1) is 6.61. The molecule has 0 aromatic rings. The van der Waals surface area contributed by atoms with Crippen molar-refractivity contribution in [2.45, 2.75) is 39.2 Å². The van der Waals surface area contributed by atoms with Crippen LogP contribution in [0.2, 0.25) is 0 Å². The minimum absolute atomic E-state index is 0.00172. The fourth-order valence-electron chi connectivity index (χ4n) is 0.988. The standard InChI is InChI=1S/C9H20N4O/c1-3-5-6-12-9(14)13-7(4-2)8(10)11/h7H,3-6H2,1-2H3,(H3,10,11)(H2,12,13,14). The van der Waals surface area contributed by atoms with Crippen LogP contribution in [-0.2, 0) is 0 Å². The van der Waals surface area contributed by atoms with E-state index >= 15 is 0 Å². The Bertz CT molecular complexity index is 193. The summed E-state index contributed by atoms with van der Waals surface area (Å²) >= 11 is 0. The number of hydrogen-bond acceptors (Lipinski definition) is 2.